The monoisotopic (exact) mass is 376 g/mol. The Labute approximate surface area is 162 Å². The van der Waals surface area contributed by atoms with Crippen LogP contribution in [0.25, 0.3) is 0 Å². The van der Waals surface area contributed by atoms with Crippen molar-refractivity contribution >= 4 is 28.9 Å². The van der Waals surface area contributed by atoms with Crippen LogP contribution in [-0.2, 0) is 4.79 Å². The van der Waals surface area contributed by atoms with E-state index < -0.39 is 12.0 Å². The minimum Gasteiger partial charge on any atom is -0.497 e. The quantitative estimate of drug-likeness (QED) is 0.829. The molecule has 0 spiro atoms. The largest absolute Gasteiger partial charge is 0.497 e. The van der Waals surface area contributed by atoms with E-state index in [1.807, 2.05) is 42.5 Å². The molecule has 2 heterocycles. The number of para-hydroxylation sites is 1. The topological polar surface area (TPSA) is 82.6 Å². The first-order valence-corrected chi connectivity index (χ1v) is 8.75. The molecule has 7 heteroatoms. The van der Waals surface area contributed by atoms with Crippen LogP contribution in [0.15, 0.2) is 66.0 Å². The molecule has 0 bridgehead atoms. The standard InChI is InChI=1S/C20H16N4O2S/c1-26-14-9-7-12(8-10-14)16-15(11-21)18(22)24-17(16)19(25)23(20(24)27)13-5-3-2-4-6-13/h2-10,16-17H,22H2,1H3. The molecule has 2 aromatic carbocycles. The van der Waals surface area contributed by atoms with E-state index in [0.29, 0.717) is 17.0 Å². The van der Waals surface area contributed by atoms with Crippen LogP contribution in [0.2, 0.25) is 0 Å². The summed E-state index contributed by atoms with van der Waals surface area (Å²) in [7, 11) is 1.58. The summed E-state index contributed by atoms with van der Waals surface area (Å²) in [6.45, 7) is 0. The van der Waals surface area contributed by atoms with E-state index in [1.165, 1.54) is 4.90 Å². The van der Waals surface area contributed by atoms with E-state index in [-0.39, 0.29) is 16.8 Å². The molecule has 1 amide bonds. The highest BCUT2D eigenvalue weighted by molar-refractivity contribution is 7.80. The Bertz CT molecular complexity index is 995. The summed E-state index contributed by atoms with van der Waals surface area (Å²) in [5.41, 5.74) is 8.09. The van der Waals surface area contributed by atoms with E-state index in [4.69, 9.17) is 22.7 Å². The second-order valence-electron chi connectivity index (χ2n) is 6.27. The van der Waals surface area contributed by atoms with Gasteiger partial charge in [0, 0.05) is 0 Å². The summed E-state index contributed by atoms with van der Waals surface area (Å²) in [5.74, 6) is 0.253. The summed E-state index contributed by atoms with van der Waals surface area (Å²) in [6, 6.07) is 18.0. The number of amides is 1. The highest BCUT2D eigenvalue weighted by atomic mass is 32.1. The van der Waals surface area contributed by atoms with Gasteiger partial charge < -0.3 is 10.5 Å². The maximum atomic E-state index is 13.3. The fourth-order valence-electron chi connectivity index (χ4n) is 3.66. The molecule has 0 aliphatic carbocycles. The molecule has 1 fully saturated rings. The molecule has 0 saturated carbocycles. The highest BCUT2D eigenvalue weighted by Gasteiger charge is 2.54. The zero-order chi connectivity index (χ0) is 19.1. The molecule has 2 atom stereocenters. The lowest BCUT2D eigenvalue weighted by atomic mass is 9.87. The van der Waals surface area contributed by atoms with Gasteiger partial charge in [0.05, 0.1) is 30.4 Å². The third-order valence-corrected chi connectivity index (χ3v) is 5.30. The number of thiocarbonyl (C=S) groups is 1. The van der Waals surface area contributed by atoms with Crippen molar-refractivity contribution in [3.63, 3.8) is 0 Å². The first-order valence-electron chi connectivity index (χ1n) is 8.34. The van der Waals surface area contributed by atoms with Gasteiger partial charge in [0.15, 0.2) is 5.11 Å². The van der Waals surface area contributed by atoms with Gasteiger partial charge in [-0.3, -0.25) is 14.6 Å². The van der Waals surface area contributed by atoms with Crippen molar-refractivity contribution in [1.82, 2.24) is 4.90 Å². The smallest absolute Gasteiger partial charge is 0.257 e. The van der Waals surface area contributed by atoms with Crippen LogP contribution in [0.5, 0.6) is 5.75 Å². The van der Waals surface area contributed by atoms with Crippen LogP contribution in [0.3, 0.4) is 0 Å². The molecule has 2 N–H and O–H groups in total. The van der Waals surface area contributed by atoms with Gasteiger partial charge in [-0.2, -0.15) is 5.26 Å². The van der Waals surface area contributed by atoms with Crippen molar-refractivity contribution in [3.8, 4) is 11.8 Å². The van der Waals surface area contributed by atoms with E-state index >= 15 is 0 Å². The molecule has 2 aromatic rings. The van der Waals surface area contributed by atoms with Crippen molar-refractivity contribution in [2.75, 3.05) is 12.0 Å². The number of carbonyl (C=O) groups excluding carboxylic acids is 1. The predicted molar refractivity (Wildman–Crippen MR) is 105 cm³/mol. The van der Waals surface area contributed by atoms with Gasteiger partial charge in [-0.1, -0.05) is 30.3 Å². The Morgan fingerprint density at radius 1 is 1.15 bits per heavy atom. The normalized spacial score (nSPS) is 21.5. The maximum absolute atomic E-state index is 13.3. The zero-order valence-corrected chi connectivity index (χ0v) is 15.3. The summed E-state index contributed by atoms with van der Waals surface area (Å²) in [6.07, 6.45) is 0. The molecular weight excluding hydrogens is 360 g/mol. The van der Waals surface area contributed by atoms with Crippen LogP contribution in [-0.4, -0.2) is 29.1 Å². The van der Waals surface area contributed by atoms with Gasteiger partial charge in [-0.15, -0.1) is 0 Å². The molecule has 2 unspecified atom stereocenters. The molecular formula is C20H16N4O2S. The second-order valence-corrected chi connectivity index (χ2v) is 6.63. The number of carbonyl (C=O) groups is 1. The summed E-state index contributed by atoms with van der Waals surface area (Å²) >= 11 is 5.55. The van der Waals surface area contributed by atoms with Crippen LogP contribution in [0, 0.1) is 11.3 Å². The van der Waals surface area contributed by atoms with E-state index in [2.05, 4.69) is 6.07 Å². The highest BCUT2D eigenvalue weighted by Crippen LogP contribution is 2.44. The number of benzene rings is 2. The Morgan fingerprint density at radius 3 is 2.41 bits per heavy atom. The van der Waals surface area contributed by atoms with E-state index in [1.54, 1.807) is 24.1 Å². The van der Waals surface area contributed by atoms with Crippen molar-refractivity contribution in [2.24, 2.45) is 5.73 Å². The number of rotatable bonds is 3. The minimum absolute atomic E-state index is 0.194. The van der Waals surface area contributed by atoms with Gasteiger partial charge in [0.2, 0.25) is 0 Å². The lowest BCUT2D eigenvalue weighted by Crippen LogP contribution is -2.35. The third kappa shape index (κ3) is 2.46. The fraction of sp³-hybridized carbons (Fsp3) is 0.150. The van der Waals surface area contributed by atoms with Gasteiger partial charge in [-0.05, 0) is 42.0 Å². The molecule has 2 aliphatic rings. The Balaban J connectivity index is 1.81. The number of nitriles is 1. The zero-order valence-electron chi connectivity index (χ0n) is 14.5. The second kappa shape index (κ2) is 6.41. The van der Waals surface area contributed by atoms with Crippen LogP contribution >= 0.6 is 12.2 Å². The SMILES string of the molecule is COc1ccc(C2C(C#N)=C(N)N3C(=S)N(c4ccccc4)C(=O)C23)cc1. The molecule has 27 heavy (non-hydrogen) atoms. The first kappa shape index (κ1) is 17.1. The number of anilines is 1. The summed E-state index contributed by atoms with van der Waals surface area (Å²) in [4.78, 5) is 16.4. The number of nitrogens with zero attached hydrogens (tertiary/aromatic N) is 3. The van der Waals surface area contributed by atoms with Crippen molar-refractivity contribution in [3.05, 3.63) is 71.6 Å². The molecule has 0 aromatic heterocycles. The lowest BCUT2D eigenvalue weighted by molar-refractivity contribution is -0.119. The third-order valence-electron chi connectivity index (χ3n) is 4.92. The number of methoxy groups -OCH3 is 1. The molecule has 6 nitrogen and oxygen atoms in total. The predicted octanol–water partition coefficient (Wildman–Crippen LogP) is 2.49. The first-order chi connectivity index (χ1) is 13.1. The fourth-order valence-corrected chi connectivity index (χ4v) is 4.06. The lowest BCUT2D eigenvalue weighted by Gasteiger charge is -2.20. The molecule has 1 saturated heterocycles. The Kier molecular flexibility index (Phi) is 4.05. The number of fused-ring (bicyclic) bond motifs is 1. The number of hydrogen-bond acceptors (Lipinski definition) is 5. The van der Waals surface area contributed by atoms with Gasteiger partial charge in [0.25, 0.3) is 5.91 Å². The molecule has 134 valence electrons. The molecule has 0 radical (unpaired) electrons. The number of hydrogen-bond donors (Lipinski definition) is 1. The van der Waals surface area contributed by atoms with Crippen LogP contribution in [0.1, 0.15) is 11.5 Å². The summed E-state index contributed by atoms with van der Waals surface area (Å²) < 4.78 is 5.20. The van der Waals surface area contributed by atoms with Gasteiger partial charge in [0.1, 0.15) is 17.6 Å². The molecule has 2 aliphatic heterocycles. The molecule has 4 rings (SSSR count). The van der Waals surface area contributed by atoms with Crippen molar-refractivity contribution in [1.29, 1.82) is 5.26 Å². The Hall–Kier alpha value is -3.37. The Morgan fingerprint density at radius 2 is 1.81 bits per heavy atom. The van der Waals surface area contributed by atoms with E-state index in [0.717, 1.165) is 5.56 Å². The number of ether oxygens (including phenoxy) is 1. The minimum atomic E-state index is -0.666. The summed E-state index contributed by atoms with van der Waals surface area (Å²) in [5, 5.41) is 9.96. The van der Waals surface area contributed by atoms with Gasteiger partial charge >= 0.3 is 0 Å². The number of nitrogens with two attached hydrogens (primary N) is 1. The average Bonchev–Trinajstić information content (AvgIpc) is 3.14. The maximum Gasteiger partial charge on any atom is 0.257 e. The van der Waals surface area contributed by atoms with Gasteiger partial charge in [-0.25, -0.2) is 0 Å². The van der Waals surface area contributed by atoms with Crippen molar-refractivity contribution < 1.29 is 9.53 Å². The van der Waals surface area contributed by atoms with Crippen molar-refractivity contribution in [2.45, 2.75) is 12.0 Å². The van der Waals surface area contributed by atoms with Crippen LogP contribution < -0.4 is 15.4 Å². The van der Waals surface area contributed by atoms with E-state index in [9.17, 15) is 10.1 Å². The van der Waals surface area contributed by atoms with Crippen LogP contribution in [0.4, 0.5) is 5.69 Å². The average molecular weight is 376 g/mol.